The molecule has 1 fully saturated rings. The van der Waals surface area contributed by atoms with Crippen LogP contribution in [-0.4, -0.2) is 37.3 Å². The average molecular weight is 260 g/mol. The van der Waals surface area contributed by atoms with E-state index in [1.54, 1.807) is 0 Å². The predicted molar refractivity (Wildman–Crippen MR) is 74.7 cm³/mol. The zero-order valence-electron chi connectivity index (χ0n) is 11.4. The molecule has 2 aliphatic heterocycles. The number of aryl methyl sites for hydroxylation is 1. The fourth-order valence-corrected chi connectivity index (χ4v) is 3.66. The number of carbonyl (C=O) groups is 1. The second-order valence-electron chi connectivity index (χ2n) is 5.71. The molecule has 0 bridgehead atoms. The fraction of sp³-hybridized carbons (Fsp3) is 0.533. The largest absolute Gasteiger partial charge is 0.481 e. The number of carboxylic acid groups (broad SMARTS) is 1. The molecule has 0 aliphatic carbocycles. The summed E-state index contributed by atoms with van der Waals surface area (Å²) in [5.74, 6) is -0.923. The highest BCUT2D eigenvalue weighted by Crippen LogP contribution is 2.43. The van der Waals surface area contributed by atoms with Gasteiger partial charge in [-0.2, -0.15) is 0 Å². The Balaban J connectivity index is 2.13. The van der Waals surface area contributed by atoms with Crippen molar-refractivity contribution in [3.63, 3.8) is 0 Å². The van der Waals surface area contributed by atoms with E-state index in [0.717, 1.165) is 36.3 Å². The first-order chi connectivity index (χ1) is 9.09. The molecular weight excluding hydrogens is 240 g/mol. The Morgan fingerprint density at radius 3 is 3.00 bits per heavy atom. The maximum Gasteiger partial charge on any atom is 0.311 e. The molecule has 0 amide bonds. The molecule has 4 heteroatoms. The lowest BCUT2D eigenvalue weighted by atomic mass is 9.73. The smallest absolute Gasteiger partial charge is 0.311 e. The molecule has 0 spiro atoms. The molecule has 102 valence electrons. The minimum Gasteiger partial charge on any atom is -0.481 e. The first-order valence-electron chi connectivity index (χ1n) is 6.86. The monoisotopic (exact) mass is 260 g/mol. The number of nitrogens with zero attached hydrogens (tertiary/aromatic N) is 1. The van der Waals surface area contributed by atoms with Crippen molar-refractivity contribution in [2.24, 2.45) is 5.92 Å². The quantitative estimate of drug-likeness (QED) is 0.805. The number of anilines is 1. The molecule has 2 aliphatic rings. The molecule has 2 heterocycles. The highest BCUT2D eigenvalue weighted by molar-refractivity contribution is 5.81. The van der Waals surface area contributed by atoms with Gasteiger partial charge < -0.3 is 15.3 Å². The fourth-order valence-electron chi connectivity index (χ4n) is 3.66. The van der Waals surface area contributed by atoms with E-state index in [1.165, 1.54) is 0 Å². The van der Waals surface area contributed by atoms with E-state index in [0.29, 0.717) is 6.04 Å². The molecule has 1 saturated heterocycles. The summed E-state index contributed by atoms with van der Waals surface area (Å²) in [5, 5.41) is 13.0. The number of rotatable bonds is 1. The summed E-state index contributed by atoms with van der Waals surface area (Å²) in [4.78, 5) is 14.0. The third-order valence-electron chi connectivity index (χ3n) is 4.58. The second-order valence-corrected chi connectivity index (χ2v) is 5.71. The standard InChI is InChI=1S/C15H20N2O2/c1-9-3-4-12-10(7-9)14(15(18)19)11-8-16-6-5-13(11)17(12)2/h3-4,7,11,13-14,16H,5-6,8H2,1-2H3,(H,18,19). The summed E-state index contributed by atoms with van der Waals surface area (Å²) in [7, 11) is 2.09. The van der Waals surface area contributed by atoms with Gasteiger partial charge in [0.25, 0.3) is 0 Å². The third kappa shape index (κ3) is 1.91. The van der Waals surface area contributed by atoms with E-state index >= 15 is 0 Å². The van der Waals surface area contributed by atoms with Gasteiger partial charge >= 0.3 is 5.97 Å². The lowest BCUT2D eigenvalue weighted by Gasteiger charge is -2.47. The van der Waals surface area contributed by atoms with Crippen molar-refractivity contribution in [3.8, 4) is 0 Å². The molecule has 3 rings (SSSR count). The van der Waals surface area contributed by atoms with Gasteiger partial charge in [0.2, 0.25) is 0 Å². The first-order valence-corrected chi connectivity index (χ1v) is 6.86. The third-order valence-corrected chi connectivity index (χ3v) is 4.58. The molecule has 4 nitrogen and oxygen atoms in total. The van der Waals surface area contributed by atoms with Crippen molar-refractivity contribution in [2.45, 2.75) is 25.3 Å². The van der Waals surface area contributed by atoms with Gasteiger partial charge in [-0.1, -0.05) is 17.7 Å². The van der Waals surface area contributed by atoms with Crippen LogP contribution in [0.2, 0.25) is 0 Å². The van der Waals surface area contributed by atoms with E-state index < -0.39 is 5.97 Å². The highest BCUT2D eigenvalue weighted by Gasteiger charge is 2.44. The molecule has 3 atom stereocenters. The Hall–Kier alpha value is -1.55. The lowest BCUT2D eigenvalue weighted by molar-refractivity contribution is -0.140. The van der Waals surface area contributed by atoms with Gasteiger partial charge in [0, 0.05) is 31.2 Å². The van der Waals surface area contributed by atoms with Crippen LogP contribution in [0.1, 0.15) is 23.5 Å². The number of fused-ring (bicyclic) bond motifs is 2. The highest BCUT2D eigenvalue weighted by atomic mass is 16.4. The van der Waals surface area contributed by atoms with Gasteiger partial charge in [-0.25, -0.2) is 0 Å². The molecular formula is C15H20N2O2. The Morgan fingerprint density at radius 2 is 2.26 bits per heavy atom. The van der Waals surface area contributed by atoms with Gasteiger partial charge in [0.1, 0.15) is 0 Å². The normalized spacial score (nSPS) is 29.6. The number of aliphatic carboxylic acids is 1. The number of carboxylic acids is 1. The zero-order chi connectivity index (χ0) is 13.6. The Labute approximate surface area is 113 Å². The van der Waals surface area contributed by atoms with E-state index in [4.69, 9.17) is 0 Å². The van der Waals surface area contributed by atoms with E-state index in [2.05, 4.69) is 29.4 Å². The van der Waals surface area contributed by atoms with Crippen LogP contribution in [-0.2, 0) is 4.79 Å². The van der Waals surface area contributed by atoms with Crippen molar-refractivity contribution in [3.05, 3.63) is 29.3 Å². The van der Waals surface area contributed by atoms with Gasteiger partial charge in [0.05, 0.1) is 5.92 Å². The molecule has 19 heavy (non-hydrogen) atoms. The SMILES string of the molecule is Cc1ccc2c(c1)C(C(=O)O)C1CNCCC1N2C. The maximum absolute atomic E-state index is 11.7. The molecule has 3 unspecified atom stereocenters. The topological polar surface area (TPSA) is 52.6 Å². The molecule has 0 aromatic heterocycles. The van der Waals surface area contributed by atoms with Crippen LogP contribution in [0.4, 0.5) is 5.69 Å². The first kappa shape index (κ1) is 12.5. The summed E-state index contributed by atoms with van der Waals surface area (Å²) in [6.07, 6.45) is 1.01. The van der Waals surface area contributed by atoms with Crippen LogP contribution in [0.3, 0.4) is 0 Å². The molecule has 2 N–H and O–H groups in total. The summed E-state index contributed by atoms with van der Waals surface area (Å²) < 4.78 is 0. The summed E-state index contributed by atoms with van der Waals surface area (Å²) in [6, 6.07) is 6.50. The van der Waals surface area contributed by atoms with Gasteiger partial charge in [-0.15, -0.1) is 0 Å². The Kier molecular flexibility index (Phi) is 2.97. The van der Waals surface area contributed by atoms with E-state index in [9.17, 15) is 9.90 Å². The number of piperidine rings is 1. The Bertz CT molecular complexity index is 515. The number of nitrogens with one attached hydrogen (secondary N) is 1. The van der Waals surface area contributed by atoms with Crippen molar-refractivity contribution in [1.82, 2.24) is 5.32 Å². The van der Waals surface area contributed by atoms with E-state index in [-0.39, 0.29) is 11.8 Å². The van der Waals surface area contributed by atoms with Crippen LogP contribution in [0.25, 0.3) is 0 Å². The van der Waals surface area contributed by atoms with Crippen LogP contribution in [0, 0.1) is 12.8 Å². The molecule has 1 aromatic rings. The molecule has 1 aromatic carbocycles. The van der Waals surface area contributed by atoms with Gasteiger partial charge in [-0.3, -0.25) is 4.79 Å². The van der Waals surface area contributed by atoms with Crippen LogP contribution < -0.4 is 10.2 Å². The van der Waals surface area contributed by atoms with Crippen LogP contribution in [0.15, 0.2) is 18.2 Å². The Morgan fingerprint density at radius 1 is 1.47 bits per heavy atom. The summed E-state index contributed by atoms with van der Waals surface area (Å²) in [5.41, 5.74) is 3.18. The van der Waals surface area contributed by atoms with Crippen LogP contribution in [0.5, 0.6) is 0 Å². The average Bonchev–Trinajstić information content (AvgIpc) is 2.38. The van der Waals surface area contributed by atoms with E-state index in [1.807, 2.05) is 13.0 Å². The predicted octanol–water partition coefficient (Wildman–Crippen LogP) is 1.59. The molecule has 0 saturated carbocycles. The number of hydrogen-bond acceptors (Lipinski definition) is 3. The summed E-state index contributed by atoms with van der Waals surface area (Å²) >= 11 is 0. The number of benzene rings is 1. The maximum atomic E-state index is 11.7. The van der Waals surface area contributed by atoms with Crippen molar-refractivity contribution < 1.29 is 9.90 Å². The second kappa shape index (κ2) is 4.53. The van der Waals surface area contributed by atoms with Crippen molar-refractivity contribution in [2.75, 3.05) is 25.0 Å². The zero-order valence-corrected chi connectivity index (χ0v) is 11.4. The minimum atomic E-state index is -0.696. The van der Waals surface area contributed by atoms with Crippen LogP contribution >= 0.6 is 0 Å². The van der Waals surface area contributed by atoms with Crippen molar-refractivity contribution in [1.29, 1.82) is 0 Å². The van der Waals surface area contributed by atoms with Crippen molar-refractivity contribution >= 4 is 11.7 Å². The minimum absolute atomic E-state index is 0.158. The molecule has 0 radical (unpaired) electrons. The van der Waals surface area contributed by atoms with Gasteiger partial charge in [0.15, 0.2) is 0 Å². The number of hydrogen-bond donors (Lipinski definition) is 2. The van der Waals surface area contributed by atoms with Gasteiger partial charge in [-0.05, 0) is 31.5 Å². The lowest BCUT2D eigenvalue weighted by Crippen LogP contribution is -2.54. The summed E-state index contributed by atoms with van der Waals surface area (Å²) in [6.45, 7) is 3.78.